The van der Waals surface area contributed by atoms with E-state index in [4.69, 9.17) is 5.73 Å². The Morgan fingerprint density at radius 3 is 2.24 bits per heavy atom. The predicted octanol–water partition coefficient (Wildman–Crippen LogP) is 3.00. The summed E-state index contributed by atoms with van der Waals surface area (Å²) in [5.41, 5.74) is 5.32. The van der Waals surface area contributed by atoms with Gasteiger partial charge in [0, 0.05) is 17.4 Å². The highest BCUT2D eigenvalue weighted by molar-refractivity contribution is 5.87. The lowest BCUT2D eigenvalue weighted by atomic mass is 9.73. The molecular weight excluding hydrogens is 264 g/mol. The molecule has 1 rings (SSSR count). The van der Waals surface area contributed by atoms with Crippen molar-refractivity contribution in [1.29, 1.82) is 0 Å². The fourth-order valence-electron chi connectivity index (χ4n) is 2.97. The summed E-state index contributed by atoms with van der Waals surface area (Å²) >= 11 is 0. The highest BCUT2D eigenvalue weighted by Gasteiger charge is 2.36. The van der Waals surface area contributed by atoms with Gasteiger partial charge in [0.2, 0.25) is 11.8 Å². The Balaban J connectivity index is 2.81. The average Bonchev–Trinajstić information content (AvgIpc) is 2.28. The van der Waals surface area contributed by atoms with Gasteiger partial charge in [0.15, 0.2) is 0 Å². The molecule has 21 heavy (non-hydrogen) atoms. The van der Waals surface area contributed by atoms with Gasteiger partial charge in [-0.25, -0.2) is 0 Å². The van der Waals surface area contributed by atoms with Crippen molar-refractivity contribution >= 4 is 11.8 Å². The first-order valence-corrected chi connectivity index (χ1v) is 8.36. The number of carbonyl (C=O) groups excluding carboxylic acids is 2. The van der Waals surface area contributed by atoms with Gasteiger partial charge in [0.1, 0.15) is 0 Å². The quantitative estimate of drug-likeness (QED) is 0.722. The molecule has 0 spiro atoms. The number of hydrogen-bond acceptors (Lipinski definition) is 2. The fourth-order valence-corrected chi connectivity index (χ4v) is 2.97. The lowest BCUT2D eigenvalue weighted by Gasteiger charge is -2.34. The molecule has 0 saturated heterocycles. The molecule has 0 aliphatic heterocycles. The number of rotatable bonds is 8. The molecule has 2 amide bonds. The van der Waals surface area contributed by atoms with Gasteiger partial charge in [-0.1, -0.05) is 39.0 Å². The van der Waals surface area contributed by atoms with Crippen molar-refractivity contribution in [2.75, 3.05) is 0 Å². The number of primary amides is 1. The third-order valence-electron chi connectivity index (χ3n) is 4.37. The minimum atomic E-state index is -0.326. The van der Waals surface area contributed by atoms with E-state index in [-0.39, 0.29) is 29.2 Å². The second-order valence-electron chi connectivity index (χ2n) is 7.53. The zero-order chi connectivity index (χ0) is 16.0. The number of carbonyl (C=O) groups is 2. The molecule has 1 aliphatic carbocycles. The van der Waals surface area contributed by atoms with E-state index < -0.39 is 0 Å². The second-order valence-corrected chi connectivity index (χ2v) is 7.53. The minimum absolute atomic E-state index is 0.00527. The summed E-state index contributed by atoms with van der Waals surface area (Å²) in [5.74, 6) is -0.332. The largest absolute Gasteiger partial charge is 0.369 e. The molecular formula is C17H32N2O2. The van der Waals surface area contributed by atoms with Crippen molar-refractivity contribution in [2.24, 2.45) is 23.5 Å². The molecule has 0 aromatic rings. The zero-order valence-corrected chi connectivity index (χ0v) is 14.1. The molecule has 0 unspecified atom stereocenters. The number of unbranched alkanes of at least 4 members (excludes halogenated alkanes) is 1. The van der Waals surface area contributed by atoms with Crippen molar-refractivity contribution in [1.82, 2.24) is 5.32 Å². The van der Waals surface area contributed by atoms with E-state index in [1.54, 1.807) is 0 Å². The van der Waals surface area contributed by atoms with Crippen molar-refractivity contribution in [2.45, 2.75) is 78.2 Å². The molecule has 0 radical (unpaired) electrons. The molecule has 1 saturated carbocycles. The Labute approximate surface area is 129 Å². The number of hydrogen-bond donors (Lipinski definition) is 2. The summed E-state index contributed by atoms with van der Waals surface area (Å²) in [6, 6.07) is 0. The summed E-state index contributed by atoms with van der Waals surface area (Å²) < 4.78 is 0. The Kier molecular flexibility index (Phi) is 6.69. The van der Waals surface area contributed by atoms with Gasteiger partial charge in [-0.15, -0.1) is 0 Å². The third kappa shape index (κ3) is 6.06. The van der Waals surface area contributed by atoms with Gasteiger partial charge < -0.3 is 11.1 Å². The Hall–Kier alpha value is -1.06. The molecule has 4 heteroatoms. The van der Waals surface area contributed by atoms with Crippen LogP contribution < -0.4 is 11.1 Å². The lowest BCUT2D eigenvalue weighted by molar-refractivity contribution is -0.135. The van der Waals surface area contributed by atoms with Crippen LogP contribution in [0.3, 0.4) is 0 Å². The van der Waals surface area contributed by atoms with Crippen molar-refractivity contribution < 1.29 is 9.59 Å². The summed E-state index contributed by atoms with van der Waals surface area (Å²) in [4.78, 5) is 24.5. The highest BCUT2D eigenvalue weighted by atomic mass is 16.2. The standard InChI is InChI=1S/C17H32N2O2/c1-5-6-10-13(15(18)20)14(11-12-8-7-9-12)16(21)19-17(2,3)4/h12-14H,5-11H2,1-4H3,(H2,18,20)(H,19,21)/t13-,14+/m0/s1. The lowest BCUT2D eigenvalue weighted by Crippen LogP contribution is -2.48. The maximum Gasteiger partial charge on any atom is 0.224 e. The van der Waals surface area contributed by atoms with Crippen LogP contribution in [-0.4, -0.2) is 17.4 Å². The molecule has 0 aromatic carbocycles. The van der Waals surface area contributed by atoms with Gasteiger partial charge in [-0.2, -0.15) is 0 Å². The van der Waals surface area contributed by atoms with Crippen LogP contribution in [0.5, 0.6) is 0 Å². The number of nitrogens with one attached hydrogen (secondary N) is 1. The van der Waals surface area contributed by atoms with Gasteiger partial charge >= 0.3 is 0 Å². The third-order valence-corrected chi connectivity index (χ3v) is 4.37. The van der Waals surface area contributed by atoms with E-state index >= 15 is 0 Å². The Morgan fingerprint density at radius 1 is 1.24 bits per heavy atom. The molecule has 4 nitrogen and oxygen atoms in total. The summed E-state index contributed by atoms with van der Waals surface area (Å²) in [7, 11) is 0. The van der Waals surface area contributed by atoms with Crippen LogP contribution in [0.15, 0.2) is 0 Å². The summed E-state index contributed by atoms with van der Waals surface area (Å²) in [5, 5.41) is 3.04. The van der Waals surface area contributed by atoms with Crippen LogP contribution in [0.1, 0.15) is 72.6 Å². The van der Waals surface area contributed by atoms with E-state index in [2.05, 4.69) is 12.2 Å². The van der Waals surface area contributed by atoms with Crippen molar-refractivity contribution in [3.63, 3.8) is 0 Å². The smallest absolute Gasteiger partial charge is 0.224 e. The minimum Gasteiger partial charge on any atom is -0.369 e. The van der Waals surface area contributed by atoms with Crippen LogP contribution in [0.2, 0.25) is 0 Å². The van der Waals surface area contributed by atoms with Crippen LogP contribution in [-0.2, 0) is 9.59 Å². The van der Waals surface area contributed by atoms with E-state index in [0.29, 0.717) is 5.92 Å². The van der Waals surface area contributed by atoms with Crippen LogP contribution in [0.4, 0.5) is 0 Å². The molecule has 0 heterocycles. The number of amides is 2. The second kappa shape index (κ2) is 7.81. The Bertz CT molecular complexity index is 356. The first-order chi connectivity index (χ1) is 9.74. The topological polar surface area (TPSA) is 72.2 Å². The van der Waals surface area contributed by atoms with Gasteiger partial charge in [0.05, 0.1) is 0 Å². The normalized spacial score (nSPS) is 18.7. The van der Waals surface area contributed by atoms with E-state index in [0.717, 1.165) is 25.7 Å². The molecule has 122 valence electrons. The van der Waals surface area contributed by atoms with Crippen molar-refractivity contribution in [3.8, 4) is 0 Å². The number of nitrogens with two attached hydrogens (primary N) is 1. The van der Waals surface area contributed by atoms with E-state index in [1.807, 2.05) is 20.8 Å². The van der Waals surface area contributed by atoms with Gasteiger partial charge in [-0.05, 0) is 39.5 Å². The molecule has 0 bridgehead atoms. The first kappa shape index (κ1) is 18.0. The summed E-state index contributed by atoms with van der Waals surface area (Å²) in [6.07, 6.45) is 7.09. The predicted molar refractivity (Wildman–Crippen MR) is 85.6 cm³/mol. The van der Waals surface area contributed by atoms with Crippen molar-refractivity contribution in [3.05, 3.63) is 0 Å². The molecule has 3 N–H and O–H groups in total. The SMILES string of the molecule is CCCC[C@H](C(N)=O)[C@@H](CC1CCC1)C(=O)NC(C)(C)C. The first-order valence-electron chi connectivity index (χ1n) is 8.36. The Morgan fingerprint density at radius 2 is 1.86 bits per heavy atom. The van der Waals surface area contributed by atoms with Gasteiger partial charge in [0.25, 0.3) is 0 Å². The molecule has 1 fully saturated rings. The fraction of sp³-hybridized carbons (Fsp3) is 0.882. The average molecular weight is 296 g/mol. The maximum absolute atomic E-state index is 12.6. The maximum atomic E-state index is 12.6. The molecule has 2 atom stereocenters. The highest BCUT2D eigenvalue weighted by Crippen LogP contribution is 2.36. The molecule has 0 aromatic heterocycles. The van der Waals surface area contributed by atoms with E-state index in [1.165, 1.54) is 19.3 Å². The van der Waals surface area contributed by atoms with E-state index in [9.17, 15) is 9.59 Å². The zero-order valence-electron chi connectivity index (χ0n) is 14.1. The molecule has 1 aliphatic rings. The summed E-state index contributed by atoms with van der Waals surface area (Å²) in [6.45, 7) is 8.00. The van der Waals surface area contributed by atoms with Crippen LogP contribution in [0, 0.1) is 17.8 Å². The van der Waals surface area contributed by atoms with Gasteiger partial charge in [-0.3, -0.25) is 9.59 Å². The van der Waals surface area contributed by atoms with Crippen LogP contribution >= 0.6 is 0 Å². The van der Waals surface area contributed by atoms with Crippen LogP contribution in [0.25, 0.3) is 0 Å². The monoisotopic (exact) mass is 296 g/mol.